The molecular formula is C25H36N4O3. The summed E-state index contributed by atoms with van der Waals surface area (Å²) in [5.74, 6) is 0.202. The summed E-state index contributed by atoms with van der Waals surface area (Å²) in [7, 11) is 0. The molecule has 2 aromatic rings. The molecule has 0 fully saturated rings. The van der Waals surface area contributed by atoms with Crippen molar-refractivity contribution in [3.8, 4) is 0 Å². The second-order valence-electron chi connectivity index (χ2n) is 9.17. The van der Waals surface area contributed by atoms with Crippen LogP contribution in [0.2, 0.25) is 0 Å². The van der Waals surface area contributed by atoms with E-state index in [1.807, 2.05) is 79.3 Å². The van der Waals surface area contributed by atoms with Crippen molar-refractivity contribution < 1.29 is 14.3 Å². The topological polar surface area (TPSA) is 73.9 Å². The molecule has 0 saturated heterocycles. The van der Waals surface area contributed by atoms with Crippen LogP contribution in [0.1, 0.15) is 50.5 Å². The lowest BCUT2D eigenvalue weighted by Gasteiger charge is -2.30. The third-order valence-corrected chi connectivity index (χ3v) is 4.39. The SMILES string of the molecule is CC(C)CN(CCN(Cc1ccccc1)NC(=O)OC(C)(C)C)NC(=O)c1ccccc1. The summed E-state index contributed by atoms with van der Waals surface area (Å²) in [6, 6.07) is 19.0. The largest absolute Gasteiger partial charge is 0.443 e. The minimum atomic E-state index is -0.587. The first kappa shape index (κ1) is 25.4. The summed E-state index contributed by atoms with van der Waals surface area (Å²) in [6.45, 7) is 11.9. The molecule has 0 spiro atoms. The molecule has 0 aliphatic carbocycles. The smallest absolute Gasteiger partial charge is 0.422 e. The molecule has 2 N–H and O–H groups in total. The summed E-state index contributed by atoms with van der Waals surface area (Å²) in [6.07, 6.45) is -0.503. The number of ether oxygens (including phenoxy) is 1. The van der Waals surface area contributed by atoms with Crippen molar-refractivity contribution >= 4 is 12.0 Å². The van der Waals surface area contributed by atoms with Crippen molar-refractivity contribution in [2.45, 2.75) is 46.8 Å². The van der Waals surface area contributed by atoms with Gasteiger partial charge in [0.1, 0.15) is 5.60 Å². The normalized spacial score (nSPS) is 11.6. The molecule has 0 atom stereocenters. The number of hydrogen-bond acceptors (Lipinski definition) is 5. The number of hydrogen-bond donors (Lipinski definition) is 2. The first-order chi connectivity index (χ1) is 15.1. The standard InChI is InChI=1S/C25H36N4O3/c1-20(2)18-28(26-23(30)22-14-10-7-11-15-22)16-17-29(19-21-12-8-6-9-13-21)27-24(31)32-25(3,4)5/h6-15,20H,16-19H2,1-5H3,(H,26,30)(H,27,31). The van der Waals surface area contributed by atoms with E-state index in [0.29, 0.717) is 37.7 Å². The molecule has 174 valence electrons. The maximum Gasteiger partial charge on any atom is 0.422 e. The van der Waals surface area contributed by atoms with Crippen LogP contribution >= 0.6 is 0 Å². The van der Waals surface area contributed by atoms with Crippen LogP contribution < -0.4 is 10.9 Å². The predicted octanol–water partition coefficient (Wildman–Crippen LogP) is 4.23. The number of hydrazine groups is 2. The highest BCUT2D eigenvalue weighted by Gasteiger charge is 2.20. The first-order valence-corrected chi connectivity index (χ1v) is 11.0. The van der Waals surface area contributed by atoms with E-state index >= 15 is 0 Å². The Morgan fingerprint density at radius 3 is 2.00 bits per heavy atom. The zero-order valence-corrected chi connectivity index (χ0v) is 19.8. The molecule has 2 rings (SSSR count). The molecule has 2 aromatic carbocycles. The molecule has 0 saturated carbocycles. The highest BCUT2D eigenvalue weighted by molar-refractivity contribution is 5.93. The fourth-order valence-electron chi connectivity index (χ4n) is 3.08. The van der Waals surface area contributed by atoms with E-state index in [4.69, 9.17) is 4.74 Å². The van der Waals surface area contributed by atoms with E-state index in [1.54, 1.807) is 12.1 Å². The van der Waals surface area contributed by atoms with Gasteiger partial charge in [-0.1, -0.05) is 62.4 Å². The van der Waals surface area contributed by atoms with Crippen LogP contribution in [0.5, 0.6) is 0 Å². The third kappa shape index (κ3) is 9.94. The number of nitrogens with zero attached hydrogens (tertiary/aromatic N) is 2. The van der Waals surface area contributed by atoms with Crippen LogP contribution in [0.25, 0.3) is 0 Å². The summed E-state index contributed by atoms with van der Waals surface area (Å²) in [4.78, 5) is 25.0. The number of amides is 2. The van der Waals surface area contributed by atoms with Gasteiger partial charge in [-0.3, -0.25) is 15.6 Å². The molecule has 2 amide bonds. The van der Waals surface area contributed by atoms with Gasteiger partial charge >= 0.3 is 6.09 Å². The van der Waals surface area contributed by atoms with Crippen LogP contribution in [0.15, 0.2) is 60.7 Å². The minimum Gasteiger partial charge on any atom is -0.443 e. The van der Waals surface area contributed by atoms with Gasteiger partial charge in [-0.2, -0.15) is 0 Å². The zero-order chi connectivity index (χ0) is 23.6. The molecule has 0 bridgehead atoms. The Morgan fingerprint density at radius 2 is 1.44 bits per heavy atom. The number of carbonyl (C=O) groups is 2. The Hall–Kier alpha value is -2.90. The van der Waals surface area contributed by atoms with E-state index in [9.17, 15) is 9.59 Å². The number of rotatable bonds is 10. The number of nitrogens with one attached hydrogen (secondary N) is 2. The summed E-state index contributed by atoms with van der Waals surface area (Å²) in [5.41, 5.74) is 6.93. The average molecular weight is 441 g/mol. The summed E-state index contributed by atoms with van der Waals surface area (Å²) >= 11 is 0. The van der Waals surface area contributed by atoms with Crippen molar-refractivity contribution in [2.75, 3.05) is 19.6 Å². The number of benzene rings is 2. The maximum absolute atomic E-state index is 12.7. The van der Waals surface area contributed by atoms with Gasteiger partial charge in [-0.15, -0.1) is 0 Å². The molecule has 7 nitrogen and oxygen atoms in total. The van der Waals surface area contributed by atoms with Crippen LogP contribution in [0.3, 0.4) is 0 Å². The van der Waals surface area contributed by atoms with Crippen LogP contribution in [-0.4, -0.2) is 47.3 Å². The Balaban J connectivity index is 2.06. The summed E-state index contributed by atoms with van der Waals surface area (Å²) in [5, 5.41) is 3.71. The van der Waals surface area contributed by atoms with Crippen molar-refractivity contribution in [1.82, 2.24) is 20.9 Å². The van der Waals surface area contributed by atoms with E-state index in [-0.39, 0.29) is 5.91 Å². The van der Waals surface area contributed by atoms with Crippen LogP contribution in [0.4, 0.5) is 4.79 Å². The van der Waals surface area contributed by atoms with Crippen molar-refractivity contribution in [2.24, 2.45) is 5.92 Å². The van der Waals surface area contributed by atoms with Gasteiger partial charge in [0.05, 0.1) is 0 Å². The van der Waals surface area contributed by atoms with Crippen LogP contribution in [0, 0.1) is 5.92 Å². The molecule has 0 heterocycles. The monoisotopic (exact) mass is 440 g/mol. The summed E-state index contributed by atoms with van der Waals surface area (Å²) < 4.78 is 5.42. The molecule has 0 aromatic heterocycles. The van der Waals surface area contributed by atoms with Gasteiger partial charge in [0, 0.05) is 31.7 Å². The van der Waals surface area contributed by atoms with Gasteiger partial charge in [0.2, 0.25) is 0 Å². The quantitative estimate of drug-likeness (QED) is 0.541. The third-order valence-electron chi connectivity index (χ3n) is 4.39. The Kier molecular flexibility index (Phi) is 9.68. The van der Waals surface area contributed by atoms with Gasteiger partial charge in [-0.25, -0.2) is 14.8 Å². The first-order valence-electron chi connectivity index (χ1n) is 11.0. The maximum atomic E-state index is 12.7. The fraction of sp³-hybridized carbons (Fsp3) is 0.440. The lowest BCUT2D eigenvalue weighted by molar-refractivity contribution is 0.0273. The van der Waals surface area contributed by atoms with Crippen molar-refractivity contribution in [3.63, 3.8) is 0 Å². The van der Waals surface area contributed by atoms with Gasteiger partial charge in [0.25, 0.3) is 5.91 Å². The van der Waals surface area contributed by atoms with Gasteiger partial charge < -0.3 is 4.74 Å². The highest BCUT2D eigenvalue weighted by Crippen LogP contribution is 2.09. The Bertz CT molecular complexity index is 835. The molecule has 0 unspecified atom stereocenters. The Morgan fingerprint density at radius 1 is 0.875 bits per heavy atom. The van der Waals surface area contributed by atoms with E-state index in [0.717, 1.165) is 5.56 Å². The number of carbonyl (C=O) groups excluding carboxylic acids is 2. The average Bonchev–Trinajstić information content (AvgIpc) is 2.71. The zero-order valence-electron chi connectivity index (χ0n) is 19.8. The molecular weight excluding hydrogens is 404 g/mol. The predicted molar refractivity (Wildman–Crippen MR) is 127 cm³/mol. The molecule has 0 radical (unpaired) electrons. The van der Waals surface area contributed by atoms with Crippen molar-refractivity contribution in [1.29, 1.82) is 0 Å². The lowest BCUT2D eigenvalue weighted by Crippen LogP contribution is -2.51. The van der Waals surface area contributed by atoms with Gasteiger partial charge in [-0.05, 0) is 44.4 Å². The van der Waals surface area contributed by atoms with Crippen molar-refractivity contribution in [3.05, 3.63) is 71.8 Å². The van der Waals surface area contributed by atoms with E-state index in [1.165, 1.54) is 0 Å². The molecule has 32 heavy (non-hydrogen) atoms. The van der Waals surface area contributed by atoms with E-state index in [2.05, 4.69) is 24.7 Å². The second-order valence-corrected chi connectivity index (χ2v) is 9.17. The molecule has 7 heteroatoms. The lowest BCUT2D eigenvalue weighted by atomic mass is 10.2. The molecule has 0 aliphatic heterocycles. The molecule has 0 aliphatic rings. The van der Waals surface area contributed by atoms with Crippen LogP contribution in [-0.2, 0) is 11.3 Å². The van der Waals surface area contributed by atoms with Gasteiger partial charge in [0.15, 0.2) is 0 Å². The minimum absolute atomic E-state index is 0.152. The van der Waals surface area contributed by atoms with E-state index < -0.39 is 11.7 Å². The second kappa shape index (κ2) is 12.2. The highest BCUT2D eigenvalue weighted by atomic mass is 16.6. The Labute approximate surface area is 191 Å². The fourth-order valence-corrected chi connectivity index (χ4v) is 3.08.